The molecular formula is C27H34FN3O3S. The van der Waals surface area contributed by atoms with Crippen LogP contribution in [0, 0.1) is 35.9 Å². The van der Waals surface area contributed by atoms with Gasteiger partial charge >= 0.3 is 0 Å². The average molecular weight is 500 g/mol. The van der Waals surface area contributed by atoms with Crippen molar-refractivity contribution in [2.45, 2.75) is 71.1 Å². The molecule has 6 nitrogen and oxygen atoms in total. The highest BCUT2D eigenvalue weighted by Crippen LogP contribution is 2.62. The largest absolute Gasteiger partial charge is 0.505 e. The lowest BCUT2D eigenvalue weighted by atomic mass is 9.54. The van der Waals surface area contributed by atoms with Gasteiger partial charge in [-0.15, -0.1) is 11.3 Å². The van der Waals surface area contributed by atoms with Gasteiger partial charge in [-0.05, 0) is 92.7 Å². The smallest absolute Gasteiger partial charge is 0.226 e. The van der Waals surface area contributed by atoms with Gasteiger partial charge in [0.1, 0.15) is 7.11 Å². The molecule has 2 saturated carbocycles. The quantitative estimate of drug-likeness (QED) is 0.464. The monoisotopic (exact) mass is 499 g/mol. The molecule has 0 saturated heterocycles. The fourth-order valence-electron chi connectivity index (χ4n) is 7.33. The van der Waals surface area contributed by atoms with Crippen molar-refractivity contribution < 1.29 is 19.1 Å². The number of carbonyl (C=O) groups is 1. The third-order valence-corrected chi connectivity index (χ3v) is 9.57. The Morgan fingerprint density at radius 3 is 2.97 bits per heavy atom. The van der Waals surface area contributed by atoms with Crippen LogP contribution in [-0.2, 0) is 16.1 Å². The Balaban J connectivity index is 1.33. The van der Waals surface area contributed by atoms with E-state index in [1.54, 1.807) is 13.3 Å². The number of aryl methyl sites for hydroxylation is 1. The molecule has 5 rings (SSSR count). The predicted octanol–water partition coefficient (Wildman–Crippen LogP) is 6.19. The molecule has 2 aromatic rings. The number of anilines is 1. The summed E-state index contributed by atoms with van der Waals surface area (Å²) in [5.41, 5.74) is 2.88. The molecule has 188 valence electrons. The fourth-order valence-corrected chi connectivity index (χ4v) is 8.01. The average Bonchev–Trinajstić information content (AvgIpc) is 3.36. The number of rotatable bonds is 6. The number of hydrogen-bond acceptors (Lipinski definition) is 6. The van der Waals surface area contributed by atoms with Gasteiger partial charge in [0.25, 0.3) is 0 Å². The maximum atomic E-state index is 14.7. The van der Waals surface area contributed by atoms with Crippen molar-refractivity contribution in [3.8, 4) is 5.75 Å². The van der Waals surface area contributed by atoms with Crippen LogP contribution >= 0.6 is 11.3 Å². The van der Waals surface area contributed by atoms with Gasteiger partial charge in [0.15, 0.2) is 16.7 Å². The number of aromatic hydroxyl groups is 1. The van der Waals surface area contributed by atoms with Crippen LogP contribution in [0.3, 0.4) is 0 Å². The molecule has 1 aromatic carbocycles. The zero-order chi connectivity index (χ0) is 24.7. The van der Waals surface area contributed by atoms with E-state index < -0.39 is 5.82 Å². The van der Waals surface area contributed by atoms with Gasteiger partial charge in [-0.2, -0.15) is 0 Å². The van der Waals surface area contributed by atoms with Crippen LogP contribution in [-0.4, -0.2) is 28.8 Å². The van der Waals surface area contributed by atoms with Gasteiger partial charge in [-0.1, -0.05) is 18.1 Å². The minimum atomic E-state index is -0.444. The summed E-state index contributed by atoms with van der Waals surface area (Å²) < 4.78 is 14.7. The lowest BCUT2D eigenvalue weighted by molar-refractivity contribution is -0.116. The topological polar surface area (TPSA) is 83.8 Å². The first-order valence-corrected chi connectivity index (χ1v) is 13.5. The van der Waals surface area contributed by atoms with Crippen molar-refractivity contribution in [3.05, 3.63) is 40.2 Å². The Morgan fingerprint density at radius 1 is 1.40 bits per heavy atom. The molecule has 0 bridgehead atoms. The molecule has 1 amide bonds. The van der Waals surface area contributed by atoms with E-state index in [2.05, 4.69) is 22.4 Å². The molecule has 1 aromatic heterocycles. The Morgan fingerprint density at radius 2 is 2.23 bits per heavy atom. The molecule has 1 heterocycles. The van der Waals surface area contributed by atoms with Gasteiger partial charge in [0, 0.05) is 22.9 Å². The summed E-state index contributed by atoms with van der Waals surface area (Å²) in [5, 5.41) is 17.9. The first-order chi connectivity index (χ1) is 16.8. The second-order valence-corrected chi connectivity index (χ2v) is 11.9. The Labute approximate surface area is 210 Å². The summed E-state index contributed by atoms with van der Waals surface area (Å²) in [7, 11) is 1.61. The van der Waals surface area contributed by atoms with E-state index in [9.17, 15) is 14.3 Å². The van der Waals surface area contributed by atoms with Crippen LogP contribution in [0.5, 0.6) is 5.75 Å². The van der Waals surface area contributed by atoms with E-state index in [-0.39, 0.29) is 17.1 Å². The van der Waals surface area contributed by atoms with Crippen LogP contribution in [0.1, 0.15) is 73.8 Å². The van der Waals surface area contributed by atoms with Crippen LogP contribution in [0.2, 0.25) is 0 Å². The summed E-state index contributed by atoms with van der Waals surface area (Å²) in [6.07, 6.45) is 8.44. The first kappa shape index (κ1) is 24.2. The molecular weight excluding hydrogens is 465 g/mol. The SMILES string of the molecule is CO/N=C1\C[C@@H](CCCC(=O)Nc2ncc(C)s2)C2C3CCc4c(ccc(O)c4F)C3CC[C@]12C. The third kappa shape index (κ3) is 4.34. The van der Waals surface area contributed by atoms with E-state index in [0.29, 0.717) is 47.2 Å². The lowest BCUT2D eigenvalue weighted by Gasteiger charge is -2.50. The maximum Gasteiger partial charge on any atom is 0.226 e. The van der Waals surface area contributed by atoms with Crippen molar-refractivity contribution in [2.75, 3.05) is 12.4 Å². The molecule has 3 aliphatic rings. The van der Waals surface area contributed by atoms with Crippen molar-refractivity contribution in [2.24, 2.45) is 28.3 Å². The number of halogens is 1. The highest BCUT2D eigenvalue weighted by Gasteiger charge is 2.57. The predicted molar refractivity (Wildman–Crippen MR) is 135 cm³/mol. The van der Waals surface area contributed by atoms with Crippen molar-refractivity contribution in [1.29, 1.82) is 0 Å². The van der Waals surface area contributed by atoms with Crippen LogP contribution in [0.25, 0.3) is 0 Å². The second kappa shape index (κ2) is 9.52. The number of fused-ring (bicyclic) bond motifs is 5. The van der Waals surface area contributed by atoms with Crippen LogP contribution in [0.4, 0.5) is 9.52 Å². The number of thiazole rings is 1. The zero-order valence-corrected chi connectivity index (χ0v) is 21.5. The number of benzene rings is 1. The summed E-state index contributed by atoms with van der Waals surface area (Å²) in [4.78, 5) is 23.0. The molecule has 8 heteroatoms. The summed E-state index contributed by atoms with van der Waals surface area (Å²) >= 11 is 1.49. The summed E-state index contributed by atoms with van der Waals surface area (Å²) in [6, 6.07) is 3.45. The second-order valence-electron chi connectivity index (χ2n) is 10.7. The highest BCUT2D eigenvalue weighted by atomic mass is 32.1. The third-order valence-electron chi connectivity index (χ3n) is 8.75. The summed E-state index contributed by atoms with van der Waals surface area (Å²) in [6.45, 7) is 4.30. The first-order valence-electron chi connectivity index (χ1n) is 12.6. The number of phenols is 1. The van der Waals surface area contributed by atoms with Crippen molar-refractivity contribution in [3.63, 3.8) is 0 Å². The van der Waals surface area contributed by atoms with E-state index in [1.165, 1.54) is 17.4 Å². The molecule has 3 unspecified atom stereocenters. The van der Waals surface area contributed by atoms with Crippen molar-refractivity contribution in [1.82, 2.24) is 4.98 Å². The minimum absolute atomic E-state index is 0.00860. The van der Waals surface area contributed by atoms with E-state index in [4.69, 9.17) is 4.84 Å². The number of hydrogen-bond donors (Lipinski definition) is 2. The molecule has 0 spiro atoms. The molecule has 0 aliphatic heterocycles. The number of nitrogens with zero attached hydrogens (tertiary/aromatic N) is 2. The van der Waals surface area contributed by atoms with Gasteiger partial charge < -0.3 is 15.3 Å². The van der Waals surface area contributed by atoms with E-state index in [0.717, 1.165) is 54.7 Å². The Hall–Kier alpha value is -2.48. The maximum absolute atomic E-state index is 14.7. The minimum Gasteiger partial charge on any atom is -0.505 e. The number of phenolic OH excluding ortho intramolecular Hbond substituents is 1. The molecule has 2 N–H and O–H groups in total. The van der Waals surface area contributed by atoms with E-state index in [1.807, 2.05) is 13.0 Å². The van der Waals surface area contributed by atoms with Crippen LogP contribution in [0.15, 0.2) is 23.5 Å². The summed E-state index contributed by atoms with van der Waals surface area (Å²) in [5.74, 6) is 0.890. The lowest BCUT2D eigenvalue weighted by Crippen LogP contribution is -2.44. The van der Waals surface area contributed by atoms with Gasteiger partial charge in [0.05, 0.1) is 5.71 Å². The Bertz CT molecular complexity index is 1150. The number of oxime groups is 1. The Kier molecular flexibility index (Phi) is 6.59. The van der Waals surface area contributed by atoms with Crippen LogP contribution < -0.4 is 5.32 Å². The van der Waals surface area contributed by atoms with Gasteiger partial charge in [0.2, 0.25) is 5.91 Å². The normalized spacial score (nSPS) is 30.5. The highest BCUT2D eigenvalue weighted by molar-refractivity contribution is 7.15. The number of nitrogens with one attached hydrogen (secondary N) is 1. The molecule has 35 heavy (non-hydrogen) atoms. The molecule has 3 aliphatic carbocycles. The van der Waals surface area contributed by atoms with Gasteiger partial charge in [-0.25, -0.2) is 9.37 Å². The van der Waals surface area contributed by atoms with Gasteiger partial charge in [-0.3, -0.25) is 4.79 Å². The van der Waals surface area contributed by atoms with Crippen molar-refractivity contribution >= 4 is 28.1 Å². The number of amides is 1. The standard InChI is InChI=1S/C27H34FN3O3S/c1-15-14-29-26(35-15)30-23(33)6-4-5-16-13-22(31-34-3)27(2)12-11-18-17-9-10-21(32)25(28)20(17)8-7-19(18)24(16)27/h9-10,14,16,18-19,24,32H,4-8,11-13H2,1-3H3,(H,29,30,33)/b31-22+/t16-,18?,19?,24?,27-/m1/s1. The molecule has 5 atom stereocenters. The van der Waals surface area contributed by atoms with E-state index >= 15 is 0 Å². The molecule has 2 fully saturated rings. The fraction of sp³-hybridized carbons (Fsp3) is 0.593. The number of aromatic nitrogens is 1. The zero-order valence-electron chi connectivity index (χ0n) is 20.6. The number of carbonyl (C=O) groups excluding carboxylic acids is 1. The molecule has 0 radical (unpaired) electrons.